The number of hydrogen-bond acceptors (Lipinski definition) is 4. The summed E-state index contributed by atoms with van der Waals surface area (Å²) in [5, 5.41) is 1.01. The lowest BCUT2D eigenvalue weighted by atomic mass is 10.1. The monoisotopic (exact) mass is 358 g/mol. The van der Waals surface area contributed by atoms with E-state index in [1.807, 2.05) is 18.2 Å². The maximum atomic E-state index is 12.7. The molecule has 1 fully saturated rings. The Labute approximate surface area is 152 Å². The van der Waals surface area contributed by atoms with E-state index in [1.165, 1.54) is 9.24 Å². The van der Waals surface area contributed by atoms with E-state index < -0.39 is 0 Å². The van der Waals surface area contributed by atoms with Gasteiger partial charge in [0.2, 0.25) is 11.8 Å². The van der Waals surface area contributed by atoms with Gasteiger partial charge in [0.1, 0.15) is 0 Å². The van der Waals surface area contributed by atoms with E-state index in [9.17, 15) is 14.4 Å². The van der Waals surface area contributed by atoms with Crippen LogP contribution in [0.5, 0.6) is 0 Å². The molecule has 1 aromatic heterocycles. The van der Waals surface area contributed by atoms with E-state index in [0.29, 0.717) is 11.9 Å². The van der Waals surface area contributed by atoms with Crippen LogP contribution in [0.25, 0.3) is 11.0 Å². The lowest BCUT2D eigenvalue weighted by molar-refractivity contribution is -0.131. The zero-order valence-corrected chi connectivity index (χ0v) is 15.2. The molecule has 26 heavy (non-hydrogen) atoms. The fourth-order valence-electron chi connectivity index (χ4n) is 3.51. The number of aryl methyl sites for hydroxylation is 2. The minimum atomic E-state index is -0.372. The highest BCUT2D eigenvalue weighted by Crippen LogP contribution is 2.19. The van der Waals surface area contributed by atoms with Crippen LogP contribution < -0.4 is 16.4 Å². The molecular weight excluding hydrogens is 332 g/mol. The summed E-state index contributed by atoms with van der Waals surface area (Å²) in [7, 11) is 1.67. The van der Waals surface area contributed by atoms with Crippen molar-refractivity contribution >= 4 is 22.8 Å². The Bertz CT molecular complexity index is 865. The largest absolute Gasteiger partial charge is 0.348 e. The van der Waals surface area contributed by atoms with Crippen molar-refractivity contribution in [1.29, 1.82) is 0 Å². The number of fused-ring (bicyclic) bond motifs is 1. The van der Waals surface area contributed by atoms with E-state index >= 15 is 0 Å². The third kappa shape index (κ3) is 3.44. The number of imide groups is 1. The first kappa shape index (κ1) is 18.4. The Hall–Kier alpha value is -2.41. The Balaban J connectivity index is 1.90. The number of piperidine rings is 1. The third-order valence-corrected chi connectivity index (χ3v) is 4.97. The van der Waals surface area contributed by atoms with Crippen molar-refractivity contribution in [2.75, 3.05) is 11.6 Å². The van der Waals surface area contributed by atoms with Crippen LogP contribution in [0.4, 0.5) is 0 Å². The molecule has 0 spiro atoms. The molecule has 1 saturated heterocycles. The number of benzene rings is 1. The average Bonchev–Trinajstić information content (AvgIpc) is 2.86. The van der Waals surface area contributed by atoms with Crippen LogP contribution in [-0.2, 0) is 23.1 Å². The summed E-state index contributed by atoms with van der Waals surface area (Å²) in [5.74, 6) is -0.639. The predicted molar refractivity (Wildman–Crippen MR) is 100 cm³/mol. The molecule has 0 saturated carbocycles. The smallest absolute Gasteiger partial charge is 0.330 e. The van der Waals surface area contributed by atoms with Crippen LogP contribution in [-0.4, -0.2) is 27.6 Å². The first-order valence-corrected chi connectivity index (χ1v) is 9.31. The van der Waals surface area contributed by atoms with E-state index in [1.54, 1.807) is 7.05 Å². The van der Waals surface area contributed by atoms with Crippen molar-refractivity contribution in [2.45, 2.75) is 51.4 Å². The van der Waals surface area contributed by atoms with Gasteiger partial charge < -0.3 is 5.73 Å². The molecule has 7 nitrogen and oxygen atoms in total. The Morgan fingerprint density at radius 1 is 0.962 bits per heavy atom. The second-order valence-corrected chi connectivity index (χ2v) is 6.88. The van der Waals surface area contributed by atoms with Gasteiger partial charge in [-0.05, 0) is 49.9 Å². The molecule has 7 heteroatoms. The molecule has 2 amide bonds. The quantitative estimate of drug-likeness (QED) is 0.601. The van der Waals surface area contributed by atoms with Gasteiger partial charge >= 0.3 is 5.69 Å². The van der Waals surface area contributed by atoms with Gasteiger partial charge in [0.15, 0.2) is 0 Å². The number of carbonyl (C=O) groups is 2. The topological polar surface area (TPSA) is 90.3 Å². The van der Waals surface area contributed by atoms with Gasteiger partial charge in [-0.25, -0.2) is 4.79 Å². The van der Waals surface area contributed by atoms with Gasteiger partial charge in [-0.2, -0.15) is 9.69 Å². The van der Waals surface area contributed by atoms with Crippen molar-refractivity contribution in [1.82, 2.24) is 9.24 Å². The summed E-state index contributed by atoms with van der Waals surface area (Å²) >= 11 is 0. The Morgan fingerprint density at radius 2 is 1.65 bits per heavy atom. The number of nitrogens with zero attached hydrogens (tertiary/aromatic N) is 3. The number of rotatable bonds is 7. The van der Waals surface area contributed by atoms with Crippen molar-refractivity contribution in [3.63, 3.8) is 0 Å². The van der Waals surface area contributed by atoms with Crippen LogP contribution >= 0.6 is 0 Å². The molecule has 0 unspecified atom stereocenters. The lowest BCUT2D eigenvalue weighted by Gasteiger charge is -2.25. The first-order valence-electron chi connectivity index (χ1n) is 9.31. The molecular formula is C19H26N4O3. The van der Waals surface area contributed by atoms with E-state index in [4.69, 9.17) is 5.73 Å². The van der Waals surface area contributed by atoms with E-state index in [0.717, 1.165) is 54.7 Å². The van der Waals surface area contributed by atoms with Crippen molar-refractivity contribution in [2.24, 2.45) is 12.8 Å². The second-order valence-electron chi connectivity index (χ2n) is 6.88. The molecule has 3 rings (SSSR count). The standard InChI is InChI=1S/C19H26N4O3/c1-21-16-13-14(7-4-2-3-5-12-20)10-11-15(16)22(19(21)26)23-17(24)8-6-9-18(23)25/h10-11,13H,2-9,12,20H2,1H3. The first-order chi connectivity index (χ1) is 12.5. The van der Waals surface area contributed by atoms with Crippen LogP contribution in [0, 0.1) is 0 Å². The normalized spacial score (nSPS) is 15.2. The molecule has 2 heterocycles. The van der Waals surface area contributed by atoms with Gasteiger partial charge in [0.05, 0.1) is 11.0 Å². The SMILES string of the molecule is Cn1c(=O)n(N2C(=O)CCCC2=O)c2ccc(CCCCCCN)cc21. The fraction of sp³-hybridized carbons (Fsp3) is 0.526. The molecule has 0 aliphatic carbocycles. The number of amides is 2. The van der Waals surface area contributed by atoms with Crippen molar-refractivity contribution in [3.05, 3.63) is 34.2 Å². The summed E-state index contributed by atoms with van der Waals surface area (Å²) in [6.07, 6.45) is 6.44. The summed E-state index contributed by atoms with van der Waals surface area (Å²) in [6.45, 7) is 0.732. The molecule has 1 aromatic carbocycles. The van der Waals surface area contributed by atoms with Crippen LogP contribution in [0.2, 0.25) is 0 Å². The maximum Gasteiger partial charge on any atom is 0.348 e. The highest BCUT2D eigenvalue weighted by molar-refractivity contribution is 6.10. The maximum absolute atomic E-state index is 12.7. The molecule has 0 bridgehead atoms. The van der Waals surface area contributed by atoms with Gasteiger partial charge in [-0.1, -0.05) is 18.9 Å². The predicted octanol–water partition coefficient (Wildman–Crippen LogP) is 1.58. The van der Waals surface area contributed by atoms with E-state index in [-0.39, 0.29) is 30.3 Å². The van der Waals surface area contributed by atoms with Gasteiger partial charge in [-0.3, -0.25) is 14.2 Å². The number of hydrogen-bond donors (Lipinski definition) is 1. The summed E-state index contributed by atoms with van der Waals surface area (Å²) in [6, 6.07) is 5.79. The molecule has 1 aliphatic rings. The lowest BCUT2D eigenvalue weighted by Crippen LogP contribution is -2.52. The summed E-state index contributed by atoms with van der Waals surface area (Å²) < 4.78 is 2.73. The molecule has 140 valence electrons. The number of nitrogens with two attached hydrogens (primary N) is 1. The molecule has 2 aromatic rings. The third-order valence-electron chi connectivity index (χ3n) is 4.97. The van der Waals surface area contributed by atoms with Gasteiger partial charge in [-0.15, -0.1) is 0 Å². The summed E-state index contributed by atoms with van der Waals surface area (Å²) in [5.41, 5.74) is 7.62. The van der Waals surface area contributed by atoms with Gasteiger partial charge in [0, 0.05) is 19.9 Å². The fourth-order valence-corrected chi connectivity index (χ4v) is 3.51. The summed E-state index contributed by atoms with van der Waals surface area (Å²) in [4.78, 5) is 37.2. The zero-order chi connectivity index (χ0) is 18.7. The minimum Gasteiger partial charge on any atom is -0.330 e. The highest BCUT2D eigenvalue weighted by Gasteiger charge is 2.30. The number of carbonyl (C=O) groups excluding carboxylic acids is 2. The number of aromatic nitrogens is 2. The minimum absolute atomic E-state index is 0.287. The average molecular weight is 358 g/mol. The van der Waals surface area contributed by atoms with Crippen LogP contribution in [0.15, 0.2) is 23.0 Å². The molecule has 1 aliphatic heterocycles. The van der Waals surface area contributed by atoms with Gasteiger partial charge in [0.25, 0.3) is 0 Å². The Kier molecular flexibility index (Phi) is 5.56. The second kappa shape index (κ2) is 7.86. The van der Waals surface area contributed by atoms with Crippen LogP contribution in [0.3, 0.4) is 0 Å². The van der Waals surface area contributed by atoms with E-state index in [2.05, 4.69) is 0 Å². The Morgan fingerprint density at radius 3 is 2.35 bits per heavy atom. The molecule has 0 atom stereocenters. The number of unbranched alkanes of at least 4 members (excludes halogenated alkanes) is 3. The van der Waals surface area contributed by atoms with Crippen LogP contribution in [0.1, 0.15) is 50.5 Å². The molecule has 2 N–H and O–H groups in total. The van der Waals surface area contributed by atoms with Crippen molar-refractivity contribution in [3.8, 4) is 0 Å². The van der Waals surface area contributed by atoms with Crippen molar-refractivity contribution < 1.29 is 9.59 Å². The number of imidazole rings is 1. The molecule has 0 radical (unpaired) electrons. The highest BCUT2D eigenvalue weighted by atomic mass is 16.2. The zero-order valence-electron chi connectivity index (χ0n) is 15.2.